The third-order valence-electron chi connectivity index (χ3n) is 1.78. The fourth-order valence-corrected chi connectivity index (χ4v) is 0.997. The first-order chi connectivity index (χ1) is 6.13. The predicted molar refractivity (Wildman–Crippen MR) is 55.2 cm³/mol. The Bertz CT molecular complexity index is 292. The molecule has 0 fully saturated rings. The highest BCUT2D eigenvalue weighted by Crippen LogP contribution is 2.05. The van der Waals surface area contributed by atoms with Gasteiger partial charge in [-0.1, -0.05) is 0 Å². The Morgan fingerprint density at radius 1 is 1.71 bits per heavy atom. The van der Waals surface area contributed by atoms with E-state index in [2.05, 4.69) is 9.72 Å². The zero-order valence-electron chi connectivity index (χ0n) is 8.19. The maximum Gasteiger partial charge on any atom is 0.305 e. The number of nitrogens with two attached hydrogens (primary N) is 1. The quantitative estimate of drug-likeness (QED) is 0.753. The number of nitrogens with zero attached hydrogens (tertiary/aromatic N) is 2. The second-order valence-corrected chi connectivity index (χ2v) is 2.78. The Labute approximate surface area is 88.7 Å². The minimum atomic E-state index is -0.232. The summed E-state index contributed by atoms with van der Waals surface area (Å²) in [4.78, 5) is 14.8. The molecule has 0 aliphatic heterocycles. The molecule has 5 nitrogen and oxygen atoms in total. The highest BCUT2D eigenvalue weighted by Gasteiger charge is 2.05. The van der Waals surface area contributed by atoms with E-state index in [1.54, 1.807) is 10.8 Å². The molecule has 0 unspecified atom stereocenters. The Kier molecular flexibility index (Phi) is 5.01. The molecule has 6 heteroatoms. The molecule has 0 aliphatic carbocycles. The van der Waals surface area contributed by atoms with Crippen molar-refractivity contribution in [3.63, 3.8) is 0 Å². The molecule has 0 saturated heterocycles. The number of methoxy groups -OCH3 is 1. The number of aryl methyl sites for hydroxylation is 2. The number of hydrogen-bond donors (Lipinski definition) is 1. The van der Waals surface area contributed by atoms with Crippen LogP contribution in [0.1, 0.15) is 12.1 Å². The van der Waals surface area contributed by atoms with Crippen molar-refractivity contribution >= 4 is 24.3 Å². The van der Waals surface area contributed by atoms with E-state index < -0.39 is 0 Å². The summed E-state index contributed by atoms with van der Waals surface area (Å²) in [5.74, 6) is 0.226. The molecule has 0 atom stereocenters. The van der Waals surface area contributed by atoms with Crippen LogP contribution in [0.15, 0.2) is 6.20 Å². The van der Waals surface area contributed by atoms with Gasteiger partial charge in [0.15, 0.2) is 5.95 Å². The zero-order valence-corrected chi connectivity index (χ0v) is 9.00. The van der Waals surface area contributed by atoms with Crippen LogP contribution in [0.4, 0.5) is 5.95 Å². The Hall–Kier alpha value is -1.23. The minimum absolute atomic E-state index is 0. The van der Waals surface area contributed by atoms with Crippen LogP contribution in [0.5, 0.6) is 0 Å². The van der Waals surface area contributed by atoms with E-state index in [1.165, 1.54) is 7.11 Å². The summed E-state index contributed by atoms with van der Waals surface area (Å²) in [6.07, 6.45) is 2.71. The maximum absolute atomic E-state index is 10.8. The number of aromatic nitrogens is 2. The van der Waals surface area contributed by atoms with Crippen molar-refractivity contribution in [2.75, 3.05) is 12.8 Å². The Morgan fingerprint density at radius 3 is 2.79 bits per heavy atom. The normalized spacial score (nSPS) is 9.29. The average Bonchev–Trinajstić information content (AvgIpc) is 2.42. The van der Waals surface area contributed by atoms with Crippen LogP contribution in [0, 0.1) is 0 Å². The number of imidazole rings is 1. The van der Waals surface area contributed by atoms with Crippen molar-refractivity contribution in [2.45, 2.75) is 12.8 Å². The van der Waals surface area contributed by atoms with Crippen LogP contribution in [0.25, 0.3) is 0 Å². The van der Waals surface area contributed by atoms with Crippen molar-refractivity contribution in [3.05, 3.63) is 11.9 Å². The number of anilines is 1. The zero-order chi connectivity index (χ0) is 9.84. The van der Waals surface area contributed by atoms with Crippen LogP contribution in [0.2, 0.25) is 0 Å². The maximum atomic E-state index is 10.8. The molecule has 0 radical (unpaired) electrons. The molecule has 1 aromatic heterocycles. The molecule has 0 aromatic carbocycles. The van der Waals surface area contributed by atoms with Gasteiger partial charge in [-0.2, -0.15) is 0 Å². The predicted octanol–water partition coefficient (Wildman–Crippen LogP) is 0.530. The van der Waals surface area contributed by atoms with E-state index >= 15 is 0 Å². The molecule has 2 N–H and O–H groups in total. The molecule has 0 spiro atoms. The summed E-state index contributed by atoms with van der Waals surface area (Å²) in [5, 5.41) is 0. The van der Waals surface area contributed by atoms with Gasteiger partial charge in [-0.05, 0) is 0 Å². The van der Waals surface area contributed by atoms with E-state index in [-0.39, 0.29) is 18.4 Å². The number of rotatable bonds is 3. The van der Waals surface area contributed by atoms with Gasteiger partial charge in [-0.25, -0.2) is 4.98 Å². The van der Waals surface area contributed by atoms with Crippen LogP contribution < -0.4 is 5.73 Å². The van der Waals surface area contributed by atoms with Gasteiger partial charge < -0.3 is 15.0 Å². The summed E-state index contributed by atoms with van der Waals surface area (Å²) in [5.41, 5.74) is 6.33. The number of esters is 1. The lowest BCUT2D eigenvalue weighted by Gasteiger charge is -1.95. The van der Waals surface area contributed by atoms with E-state index in [1.807, 2.05) is 7.05 Å². The van der Waals surface area contributed by atoms with E-state index in [4.69, 9.17) is 5.73 Å². The average molecular weight is 220 g/mol. The van der Waals surface area contributed by atoms with Gasteiger partial charge in [-0.3, -0.25) is 4.79 Å². The number of carbonyl (C=O) groups excluding carboxylic acids is 1. The Balaban J connectivity index is 0.00000169. The Morgan fingerprint density at radius 2 is 2.36 bits per heavy atom. The van der Waals surface area contributed by atoms with Crippen molar-refractivity contribution in [1.82, 2.24) is 9.55 Å². The van der Waals surface area contributed by atoms with Gasteiger partial charge in [0.2, 0.25) is 0 Å². The smallest absolute Gasteiger partial charge is 0.305 e. The van der Waals surface area contributed by atoms with E-state index in [9.17, 15) is 4.79 Å². The molecule has 80 valence electrons. The highest BCUT2D eigenvalue weighted by atomic mass is 35.5. The molecule has 1 rings (SSSR count). The highest BCUT2D eigenvalue weighted by molar-refractivity contribution is 5.85. The number of ether oxygens (including phenoxy) is 1. The molecule has 0 amide bonds. The number of halogens is 1. The van der Waals surface area contributed by atoms with Crippen molar-refractivity contribution in [1.29, 1.82) is 0 Å². The van der Waals surface area contributed by atoms with Crippen molar-refractivity contribution < 1.29 is 9.53 Å². The molecule has 0 aliphatic rings. The van der Waals surface area contributed by atoms with Gasteiger partial charge in [0.25, 0.3) is 0 Å². The largest absolute Gasteiger partial charge is 0.469 e. The van der Waals surface area contributed by atoms with Crippen LogP contribution in [0.3, 0.4) is 0 Å². The van der Waals surface area contributed by atoms with Crippen molar-refractivity contribution in [3.8, 4) is 0 Å². The number of carbonyl (C=O) groups is 1. The summed E-state index contributed by atoms with van der Waals surface area (Å²) in [6.45, 7) is 0. The van der Waals surface area contributed by atoms with Crippen LogP contribution >= 0.6 is 12.4 Å². The number of nitrogen functional groups attached to an aromatic ring is 1. The van der Waals surface area contributed by atoms with Crippen LogP contribution in [-0.4, -0.2) is 22.6 Å². The second kappa shape index (κ2) is 5.49. The second-order valence-electron chi connectivity index (χ2n) is 2.78. The fraction of sp³-hybridized carbons (Fsp3) is 0.500. The molecule has 14 heavy (non-hydrogen) atoms. The monoisotopic (exact) mass is 219 g/mol. The lowest BCUT2D eigenvalue weighted by molar-refractivity contribution is -0.140. The summed E-state index contributed by atoms with van der Waals surface area (Å²) in [6, 6.07) is 0. The third kappa shape index (κ3) is 3.26. The van der Waals surface area contributed by atoms with Gasteiger partial charge in [-0.15, -0.1) is 12.4 Å². The summed E-state index contributed by atoms with van der Waals surface area (Å²) >= 11 is 0. The van der Waals surface area contributed by atoms with Crippen molar-refractivity contribution in [2.24, 2.45) is 7.05 Å². The molecular weight excluding hydrogens is 206 g/mol. The number of hydrogen-bond acceptors (Lipinski definition) is 4. The lowest BCUT2D eigenvalue weighted by atomic mass is 10.2. The first-order valence-electron chi connectivity index (χ1n) is 3.98. The third-order valence-corrected chi connectivity index (χ3v) is 1.78. The van der Waals surface area contributed by atoms with Gasteiger partial charge >= 0.3 is 5.97 Å². The summed E-state index contributed by atoms with van der Waals surface area (Å²) in [7, 11) is 3.18. The molecule has 1 aromatic rings. The molecule has 0 saturated carbocycles. The van der Waals surface area contributed by atoms with Gasteiger partial charge in [0, 0.05) is 19.7 Å². The lowest BCUT2D eigenvalue weighted by Crippen LogP contribution is -2.02. The minimum Gasteiger partial charge on any atom is -0.469 e. The molecule has 0 bridgehead atoms. The first-order valence-corrected chi connectivity index (χ1v) is 3.98. The van der Waals surface area contributed by atoms with Crippen LogP contribution in [-0.2, 0) is 23.0 Å². The van der Waals surface area contributed by atoms with Gasteiger partial charge in [0.05, 0.1) is 19.2 Å². The first kappa shape index (κ1) is 12.8. The summed E-state index contributed by atoms with van der Waals surface area (Å²) < 4.78 is 6.22. The molecule has 1 heterocycles. The SMILES string of the molecule is COC(=O)CCc1cn(C)c(N)n1.Cl. The topological polar surface area (TPSA) is 70.1 Å². The standard InChI is InChI=1S/C8H13N3O2.ClH/c1-11-5-6(10-8(11)9)3-4-7(12)13-2;/h5H,3-4H2,1-2H3,(H2,9,10);1H. The molecular formula is C8H14ClN3O2. The van der Waals surface area contributed by atoms with Gasteiger partial charge in [0.1, 0.15) is 0 Å². The van der Waals surface area contributed by atoms with E-state index in [0.29, 0.717) is 18.8 Å². The van der Waals surface area contributed by atoms with E-state index in [0.717, 1.165) is 5.69 Å². The fourth-order valence-electron chi connectivity index (χ4n) is 0.997.